The number of rotatable bonds is 2. The average molecular weight is 258 g/mol. The van der Waals surface area contributed by atoms with Crippen molar-refractivity contribution in [3.8, 4) is 0 Å². The van der Waals surface area contributed by atoms with Gasteiger partial charge in [0.05, 0.1) is 0 Å². The Bertz CT molecular complexity index is 396. The number of hydrogen-bond donors (Lipinski definition) is 1. The van der Waals surface area contributed by atoms with Gasteiger partial charge in [0.1, 0.15) is 0 Å². The Labute approximate surface area is 117 Å². The molecule has 1 aliphatic carbocycles. The van der Waals surface area contributed by atoms with E-state index in [1.165, 1.54) is 56.3 Å². The van der Waals surface area contributed by atoms with Gasteiger partial charge in [-0.3, -0.25) is 4.90 Å². The predicted molar refractivity (Wildman–Crippen MR) is 80.3 cm³/mol. The van der Waals surface area contributed by atoms with Gasteiger partial charge in [0, 0.05) is 31.7 Å². The molecule has 0 unspecified atom stereocenters. The van der Waals surface area contributed by atoms with E-state index in [0.29, 0.717) is 5.54 Å². The third kappa shape index (κ3) is 2.85. The number of benzene rings is 1. The summed E-state index contributed by atoms with van der Waals surface area (Å²) < 4.78 is 0. The van der Waals surface area contributed by atoms with Crippen LogP contribution in [0.1, 0.15) is 43.2 Å². The first kappa shape index (κ1) is 13.1. The van der Waals surface area contributed by atoms with E-state index in [2.05, 4.69) is 41.4 Å². The number of piperazine rings is 1. The molecule has 1 saturated heterocycles. The summed E-state index contributed by atoms with van der Waals surface area (Å²) in [4.78, 5) is 2.76. The first-order valence-electron chi connectivity index (χ1n) is 7.80. The fourth-order valence-electron chi connectivity index (χ4n) is 3.75. The largest absolute Gasteiger partial charge is 0.314 e. The van der Waals surface area contributed by atoms with Crippen molar-refractivity contribution in [3.05, 3.63) is 35.4 Å². The highest BCUT2D eigenvalue weighted by Gasteiger charge is 2.39. The van der Waals surface area contributed by atoms with E-state index in [1.54, 1.807) is 0 Å². The Morgan fingerprint density at radius 3 is 2.58 bits per heavy atom. The summed E-state index contributed by atoms with van der Waals surface area (Å²) in [6, 6.07) is 9.08. The molecule has 0 bridgehead atoms. The van der Waals surface area contributed by atoms with Crippen molar-refractivity contribution in [1.29, 1.82) is 0 Å². The topological polar surface area (TPSA) is 15.3 Å². The number of nitrogens with zero attached hydrogens (tertiary/aromatic N) is 1. The van der Waals surface area contributed by atoms with Gasteiger partial charge >= 0.3 is 0 Å². The Morgan fingerprint density at radius 1 is 1.11 bits per heavy atom. The van der Waals surface area contributed by atoms with E-state index < -0.39 is 0 Å². The van der Waals surface area contributed by atoms with Crippen molar-refractivity contribution in [2.75, 3.05) is 19.6 Å². The first-order chi connectivity index (χ1) is 9.28. The lowest BCUT2D eigenvalue weighted by Gasteiger charge is -2.50. The van der Waals surface area contributed by atoms with Crippen LogP contribution in [0.25, 0.3) is 0 Å². The Hall–Kier alpha value is -0.860. The van der Waals surface area contributed by atoms with Crippen molar-refractivity contribution in [1.82, 2.24) is 10.2 Å². The fraction of sp³-hybridized carbons (Fsp3) is 0.647. The SMILES string of the molecule is Cc1ccc(CN2CCNCC23CCCCC3)cc1. The van der Waals surface area contributed by atoms with Gasteiger partial charge in [-0.1, -0.05) is 49.1 Å². The summed E-state index contributed by atoms with van der Waals surface area (Å²) in [6.07, 6.45) is 7.01. The maximum Gasteiger partial charge on any atom is 0.0338 e. The molecule has 1 aromatic rings. The monoisotopic (exact) mass is 258 g/mol. The molecule has 2 heteroatoms. The van der Waals surface area contributed by atoms with E-state index in [9.17, 15) is 0 Å². The van der Waals surface area contributed by atoms with E-state index in [-0.39, 0.29) is 0 Å². The van der Waals surface area contributed by atoms with Crippen LogP contribution in [-0.4, -0.2) is 30.1 Å². The maximum atomic E-state index is 3.63. The molecule has 2 aliphatic rings. The molecule has 19 heavy (non-hydrogen) atoms. The van der Waals surface area contributed by atoms with E-state index in [0.717, 1.165) is 13.1 Å². The molecule has 0 aromatic heterocycles. The third-order valence-electron chi connectivity index (χ3n) is 4.96. The summed E-state index contributed by atoms with van der Waals surface area (Å²) >= 11 is 0. The van der Waals surface area contributed by atoms with Crippen molar-refractivity contribution < 1.29 is 0 Å². The molecule has 104 valence electrons. The van der Waals surface area contributed by atoms with Crippen molar-refractivity contribution in [2.24, 2.45) is 0 Å². The maximum absolute atomic E-state index is 3.63. The molecule has 3 rings (SSSR count). The van der Waals surface area contributed by atoms with Gasteiger partial charge in [-0.05, 0) is 25.3 Å². The minimum atomic E-state index is 0.446. The van der Waals surface area contributed by atoms with Crippen LogP contribution in [0.4, 0.5) is 0 Å². The van der Waals surface area contributed by atoms with Gasteiger partial charge in [0.2, 0.25) is 0 Å². The Balaban J connectivity index is 1.75. The number of aryl methyl sites for hydroxylation is 1. The summed E-state index contributed by atoms with van der Waals surface area (Å²) in [5.74, 6) is 0. The van der Waals surface area contributed by atoms with Gasteiger partial charge in [-0.25, -0.2) is 0 Å². The van der Waals surface area contributed by atoms with Crippen LogP contribution >= 0.6 is 0 Å². The molecule has 1 aromatic carbocycles. The normalized spacial score (nSPS) is 23.6. The predicted octanol–water partition coefficient (Wildman–Crippen LogP) is 3.10. The molecule has 0 radical (unpaired) electrons. The summed E-state index contributed by atoms with van der Waals surface area (Å²) in [5, 5.41) is 3.63. The zero-order chi connectivity index (χ0) is 13.1. The summed E-state index contributed by atoms with van der Waals surface area (Å²) in [5.41, 5.74) is 3.27. The molecule has 1 heterocycles. The minimum absolute atomic E-state index is 0.446. The molecular formula is C17H26N2. The molecule has 2 fully saturated rings. The van der Waals surface area contributed by atoms with Crippen molar-refractivity contribution >= 4 is 0 Å². The Kier molecular flexibility index (Phi) is 3.90. The van der Waals surface area contributed by atoms with E-state index in [4.69, 9.17) is 0 Å². The second-order valence-corrected chi connectivity index (χ2v) is 6.37. The second kappa shape index (κ2) is 5.64. The zero-order valence-corrected chi connectivity index (χ0v) is 12.1. The van der Waals surface area contributed by atoms with Gasteiger partial charge in [0.25, 0.3) is 0 Å². The summed E-state index contributed by atoms with van der Waals surface area (Å²) in [7, 11) is 0. The fourth-order valence-corrected chi connectivity index (χ4v) is 3.75. The minimum Gasteiger partial charge on any atom is -0.314 e. The van der Waals surface area contributed by atoms with Crippen molar-refractivity contribution in [2.45, 2.75) is 51.1 Å². The lowest BCUT2D eigenvalue weighted by Crippen LogP contribution is -2.61. The molecular weight excluding hydrogens is 232 g/mol. The summed E-state index contributed by atoms with van der Waals surface area (Å²) in [6.45, 7) is 6.83. The van der Waals surface area contributed by atoms with Crippen LogP contribution in [0, 0.1) is 6.92 Å². The van der Waals surface area contributed by atoms with Crippen LogP contribution in [0.5, 0.6) is 0 Å². The Morgan fingerprint density at radius 2 is 1.84 bits per heavy atom. The smallest absolute Gasteiger partial charge is 0.0338 e. The highest BCUT2D eigenvalue weighted by Crippen LogP contribution is 2.35. The van der Waals surface area contributed by atoms with Gasteiger partial charge < -0.3 is 5.32 Å². The highest BCUT2D eigenvalue weighted by atomic mass is 15.3. The van der Waals surface area contributed by atoms with Gasteiger partial charge in [-0.2, -0.15) is 0 Å². The molecule has 0 atom stereocenters. The third-order valence-corrected chi connectivity index (χ3v) is 4.96. The number of hydrogen-bond acceptors (Lipinski definition) is 2. The van der Waals surface area contributed by atoms with Crippen LogP contribution < -0.4 is 5.32 Å². The van der Waals surface area contributed by atoms with E-state index in [1.807, 2.05) is 0 Å². The molecule has 1 spiro atoms. The van der Waals surface area contributed by atoms with Crippen molar-refractivity contribution in [3.63, 3.8) is 0 Å². The average Bonchev–Trinajstić information content (AvgIpc) is 2.45. The van der Waals surface area contributed by atoms with Gasteiger partial charge in [-0.15, -0.1) is 0 Å². The molecule has 1 aliphatic heterocycles. The molecule has 1 saturated carbocycles. The lowest BCUT2D eigenvalue weighted by atomic mass is 9.79. The standard InChI is InChI=1S/C17H26N2/c1-15-5-7-16(8-6-15)13-19-12-11-18-14-17(19)9-3-2-4-10-17/h5-8,18H,2-4,9-14H2,1H3. The van der Waals surface area contributed by atoms with Crippen LogP contribution in [0.2, 0.25) is 0 Å². The molecule has 0 amide bonds. The van der Waals surface area contributed by atoms with E-state index >= 15 is 0 Å². The van der Waals surface area contributed by atoms with Crippen LogP contribution in [0.3, 0.4) is 0 Å². The zero-order valence-electron chi connectivity index (χ0n) is 12.1. The quantitative estimate of drug-likeness (QED) is 0.877. The molecule has 1 N–H and O–H groups in total. The van der Waals surface area contributed by atoms with Gasteiger partial charge in [0.15, 0.2) is 0 Å². The highest BCUT2D eigenvalue weighted by molar-refractivity contribution is 5.21. The second-order valence-electron chi connectivity index (χ2n) is 6.37. The van der Waals surface area contributed by atoms with Crippen LogP contribution in [-0.2, 0) is 6.54 Å². The molecule has 2 nitrogen and oxygen atoms in total. The first-order valence-corrected chi connectivity index (χ1v) is 7.80. The lowest BCUT2D eigenvalue weighted by molar-refractivity contribution is 0.0209. The number of nitrogens with one attached hydrogen (secondary N) is 1. The van der Waals surface area contributed by atoms with Crippen LogP contribution in [0.15, 0.2) is 24.3 Å².